The summed E-state index contributed by atoms with van der Waals surface area (Å²) in [7, 11) is 0. The van der Waals surface area contributed by atoms with Gasteiger partial charge in [-0.1, -0.05) is 37.3 Å². The topological polar surface area (TPSA) is 186 Å². The number of aromatic amines is 1. The maximum Gasteiger partial charge on any atom is 0.295 e. The molecule has 0 aliphatic carbocycles. The van der Waals surface area contributed by atoms with Crippen LogP contribution in [0.1, 0.15) is 34.1 Å². The highest BCUT2D eigenvalue weighted by atomic mass is 16.3. The number of carbonyl (C=O) groups is 5. The number of anilines is 1. The van der Waals surface area contributed by atoms with E-state index in [4.69, 9.17) is 5.73 Å². The van der Waals surface area contributed by atoms with Gasteiger partial charge in [0.25, 0.3) is 23.5 Å². The molecule has 39 heavy (non-hydrogen) atoms. The Hall–Kier alpha value is -4.55. The first kappa shape index (κ1) is 27.5. The molecule has 0 radical (unpaired) electrons. The minimum atomic E-state index is -2.10. The van der Waals surface area contributed by atoms with E-state index in [2.05, 4.69) is 10.3 Å². The van der Waals surface area contributed by atoms with E-state index in [1.165, 1.54) is 23.2 Å². The molecule has 12 nitrogen and oxygen atoms in total. The molecule has 0 bridgehead atoms. The number of hydrogen-bond donors (Lipinski definition) is 5. The molecule has 3 atom stereocenters. The molecule has 1 aliphatic rings. The molecule has 1 fully saturated rings. The van der Waals surface area contributed by atoms with E-state index in [0.717, 1.165) is 0 Å². The van der Waals surface area contributed by atoms with Gasteiger partial charge in [-0.05, 0) is 24.6 Å². The van der Waals surface area contributed by atoms with Crippen LogP contribution < -0.4 is 11.1 Å². The van der Waals surface area contributed by atoms with Crippen molar-refractivity contribution in [2.45, 2.75) is 31.6 Å². The van der Waals surface area contributed by atoms with Crippen molar-refractivity contribution in [3.8, 4) is 0 Å². The van der Waals surface area contributed by atoms with Gasteiger partial charge in [-0.15, -0.1) is 0 Å². The van der Waals surface area contributed by atoms with Crippen molar-refractivity contribution >= 4 is 46.0 Å². The monoisotopic (exact) mass is 535 g/mol. The number of Topliss-reactive ketones (excluding diaryl/α,β-unsaturated/α-hetero) is 1. The zero-order valence-corrected chi connectivity index (χ0v) is 21.2. The standard InChI is InChI=1S/C27H29N5O7/c1-2-16-14-31(26(38)15-7-4-3-5-8-15)11-12-32(16)27(39)21(33)18-13-29-20-17(18)9-6-10-19(20)30-25(37)23(35)22(34)24(28)36/h3-10,13,16,22-23,29,34-35H,2,11-12,14H2,1H3,(H2,28,36)(H,30,37). The summed E-state index contributed by atoms with van der Waals surface area (Å²) in [6.45, 7) is 2.67. The molecule has 3 unspecified atom stereocenters. The number of H-pyrrole nitrogens is 1. The van der Waals surface area contributed by atoms with Gasteiger partial charge in [-0.3, -0.25) is 24.0 Å². The van der Waals surface area contributed by atoms with Crippen LogP contribution in [-0.4, -0.2) is 92.3 Å². The normalized spacial score (nSPS) is 16.9. The first-order valence-electron chi connectivity index (χ1n) is 12.4. The summed E-state index contributed by atoms with van der Waals surface area (Å²) in [6.07, 6.45) is -2.31. The summed E-state index contributed by atoms with van der Waals surface area (Å²) in [5.41, 5.74) is 6.02. The molecular formula is C27H29N5O7. The second-order valence-corrected chi connectivity index (χ2v) is 9.22. The summed E-state index contributed by atoms with van der Waals surface area (Å²) in [6, 6.07) is 13.1. The van der Waals surface area contributed by atoms with Crippen molar-refractivity contribution in [3.05, 3.63) is 65.9 Å². The molecule has 2 aromatic carbocycles. The third kappa shape index (κ3) is 5.52. The average Bonchev–Trinajstić information content (AvgIpc) is 3.40. The Morgan fingerprint density at radius 2 is 1.74 bits per heavy atom. The summed E-state index contributed by atoms with van der Waals surface area (Å²) < 4.78 is 0. The van der Waals surface area contributed by atoms with Crippen LogP contribution in [0.2, 0.25) is 0 Å². The van der Waals surface area contributed by atoms with Gasteiger partial charge in [0, 0.05) is 42.8 Å². The molecule has 6 N–H and O–H groups in total. The van der Waals surface area contributed by atoms with Crippen LogP contribution in [-0.2, 0) is 14.4 Å². The van der Waals surface area contributed by atoms with Crippen molar-refractivity contribution in [3.63, 3.8) is 0 Å². The number of nitrogens with two attached hydrogens (primary N) is 1. The lowest BCUT2D eigenvalue weighted by Crippen LogP contribution is -2.57. The largest absolute Gasteiger partial charge is 0.380 e. The van der Waals surface area contributed by atoms with Gasteiger partial charge in [0.2, 0.25) is 5.91 Å². The number of ketones is 1. The van der Waals surface area contributed by atoms with E-state index in [1.54, 1.807) is 35.2 Å². The molecule has 1 aromatic heterocycles. The second kappa shape index (κ2) is 11.5. The van der Waals surface area contributed by atoms with Crippen LogP contribution in [0, 0.1) is 0 Å². The Labute approximate surface area is 223 Å². The van der Waals surface area contributed by atoms with E-state index in [1.807, 2.05) is 13.0 Å². The number of aliphatic hydroxyl groups is 2. The fourth-order valence-corrected chi connectivity index (χ4v) is 4.62. The Morgan fingerprint density at radius 1 is 1.03 bits per heavy atom. The number of amides is 4. The number of nitrogens with zero attached hydrogens (tertiary/aromatic N) is 2. The maximum absolute atomic E-state index is 13.3. The van der Waals surface area contributed by atoms with E-state index in [-0.39, 0.29) is 36.3 Å². The summed E-state index contributed by atoms with van der Waals surface area (Å²) in [5, 5.41) is 22.2. The van der Waals surface area contributed by atoms with Crippen molar-refractivity contribution in [2.24, 2.45) is 5.73 Å². The van der Waals surface area contributed by atoms with Crippen molar-refractivity contribution in [1.82, 2.24) is 14.8 Å². The Morgan fingerprint density at radius 3 is 2.41 bits per heavy atom. The second-order valence-electron chi connectivity index (χ2n) is 9.22. The highest BCUT2D eigenvalue weighted by molar-refractivity contribution is 6.45. The van der Waals surface area contributed by atoms with Crippen LogP contribution in [0.4, 0.5) is 5.69 Å². The number of carbonyl (C=O) groups excluding carboxylic acids is 5. The molecular weight excluding hydrogens is 506 g/mol. The number of nitrogens with one attached hydrogen (secondary N) is 2. The Kier molecular flexibility index (Phi) is 8.07. The molecule has 2 heterocycles. The Bertz CT molecular complexity index is 1420. The molecule has 12 heteroatoms. The zero-order chi connectivity index (χ0) is 28.3. The van der Waals surface area contributed by atoms with Gasteiger partial charge in [0.15, 0.2) is 12.2 Å². The number of primary amides is 1. The lowest BCUT2D eigenvalue weighted by molar-refractivity contribution is -0.141. The van der Waals surface area contributed by atoms with Crippen molar-refractivity contribution in [2.75, 3.05) is 25.0 Å². The predicted octanol–water partition coefficient (Wildman–Crippen LogP) is 0.259. The van der Waals surface area contributed by atoms with Gasteiger partial charge in [0.1, 0.15) is 0 Å². The minimum absolute atomic E-state index is 0.0847. The summed E-state index contributed by atoms with van der Waals surface area (Å²) in [5.74, 6) is -3.94. The van der Waals surface area contributed by atoms with Crippen LogP contribution >= 0.6 is 0 Å². The van der Waals surface area contributed by atoms with Crippen LogP contribution in [0.15, 0.2) is 54.7 Å². The number of para-hydroxylation sites is 1. The van der Waals surface area contributed by atoms with Crippen molar-refractivity contribution < 1.29 is 34.2 Å². The van der Waals surface area contributed by atoms with Gasteiger partial charge >= 0.3 is 0 Å². The van der Waals surface area contributed by atoms with E-state index in [0.29, 0.717) is 29.4 Å². The number of piperazine rings is 1. The number of hydrogen-bond acceptors (Lipinski definition) is 7. The Balaban J connectivity index is 1.50. The van der Waals surface area contributed by atoms with Gasteiger partial charge in [-0.2, -0.15) is 0 Å². The maximum atomic E-state index is 13.3. The van der Waals surface area contributed by atoms with Crippen LogP contribution in [0.3, 0.4) is 0 Å². The van der Waals surface area contributed by atoms with Gasteiger partial charge in [-0.25, -0.2) is 0 Å². The highest BCUT2D eigenvalue weighted by Gasteiger charge is 2.36. The number of aliphatic hydroxyl groups excluding tert-OH is 2. The summed E-state index contributed by atoms with van der Waals surface area (Å²) in [4.78, 5) is 69.0. The fraction of sp³-hybridized carbons (Fsp3) is 0.296. The minimum Gasteiger partial charge on any atom is -0.380 e. The molecule has 204 valence electrons. The van der Waals surface area contributed by atoms with Gasteiger partial charge in [0.05, 0.1) is 16.8 Å². The highest BCUT2D eigenvalue weighted by Crippen LogP contribution is 2.27. The molecule has 0 spiro atoms. The average molecular weight is 536 g/mol. The van der Waals surface area contributed by atoms with E-state index in [9.17, 15) is 34.2 Å². The number of fused-ring (bicyclic) bond motifs is 1. The van der Waals surface area contributed by atoms with E-state index >= 15 is 0 Å². The summed E-state index contributed by atoms with van der Waals surface area (Å²) >= 11 is 0. The molecule has 0 saturated carbocycles. The number of rotatable bonds is 8. The quantitative estimate of drug-likeness (QED) is 0.202. The van der Waals surface area contributed by atoms with Crippen LogP contribution in [0.25, 0.3) is 10.9 Å². The predicted molar refractivity (Wildman–Crippen MR) is 141 cm³/mol. The number of benzene rings is 2. The SMILES string of the molecule is CCC1CN(C(=O)c2ccccc2)CCN1C(=O)C(=O)c1c[nH]c2c(NC(=O)C(O)C(O)C(N)=O)cccc12. The molecule has 3 aromatic rings. The molecule has 1 saturated heterocycles. The van der Waals surface area contributed by atoms with Gasteiger partial charge < -0.3 is 36.0 Å². The van der Waals surface area contributed by atoms with Crippen LogP contribution in [0.5, 0.6) is 0 Å². The van der Waals surface area contributed by atoms with Crippen molar-refractivity contribution in [1.29, 1.82) is 0 Å². The first-order valence-corrected chi connectivity index (χ1v) is 12.4. The third-order valence-corrected chi connectivity index (χ3v) is 6.79. The molecule has 4 rings (SSSR count). The van der Waals surface area contributed by atoms with E-state index < -0.39 is 35.7 Å². The first-order chi connectivity index (χ1) is 18.6. The lowest BCUT2D eigenvalue weighted by Gasteiger charge is -2.40. The lowest BCUT2D eigenvalue weighted by atomic mass is 10.0. The fourth-order valence-electron chi connectivity index (χ4n) is 4.62. The third-order valence-electron chi connectivity index (χ3n) is 6.79. The smallest absolute Gasteiger partial charge is 0.295 e. The molecule has 4 amide bonds. The zero-order valence-electron chi connectivity index (χ0n) is 21.2. The number of aromatic nitrogens is 1. The molecule has 1 aliphatic heterocycles.